The van der Waals surface area contributed by atoms with Gasteiger partial charge >= 0.3 is 16.3 Å². The molecule has 1 fully saturated rings. The highest BCUT2D eigenvalue weighted by atomic mass is 32.2. The molecular weight excluding hydrogens is 258 g/mol. The maximum atomic E-state index is 11.7. The van der Waals surface area contributed by atoms with Crippen molar-refractivity contribution in [3.63, 3.8) is 0 Å². The number of benzene rings is 1. The number of rotatable bonds is 3. The van der Waals surface area contributed by atoms with E-state index in [1.165, 1.54) is 7.05 Å². The highest BCUT2D eigenvalue weighted by Crippen LogP contribution is 2.17. The zero-order valence-corrected chi connectivity index (χ0v) is 10.6. The summed E-state index contributed by atoms with van der Waals surface area (Å²) < 4.78 is 33.0. The summed E-state index contributed by atoms with van der Waals surface area (Å²) in [5.41, 5.74) is 0.843. The van der Waals surface area contributed by atoms with Gasteiger partial charge in [-0.1, -0.05) is 30.3 Å². The van der Waals surface area contributed by atoms with E-state index >= 15 is 0 Å². The molecule has 1 aliphatic rings. The molecule has 1 atom stereocenters. The molecule has 0 aromatic heterocycles. The van der Waals surface area contributed by atoms with Gasteiger partial charge in [0, 0.05) is 7.05 Å². The summed E-state index contributed by atoms with van der Waals surface area (Å²) in [6.45, 7) is -0.0868. The van der Waals surface area contributed by atoms with Crippen molar-refractivity contribution in [3.8, 4) is 0 Å². The van der Waals surface area contributed by atoms with Gasteiger partial charge in [0.05, 0.1) is 6.61 Å². The van der Waals surface area contributed by atoms with Crippen molar-refractivity contribution in [1.29, 1.82) is 0 Å². The molecule has 1 aliphatic heterocycles. The van der Waals surface area contributed by atoms with Crippen molar-refractivity contribution in [2.45, 2.75) is 12.6 Å². The number of hydrogen-bond acceptors (Lipinski definition) is 5. The zero-order valence-electron chi connectivity index (χ0n) is 9.78. The van der Waals surface area contributed by atoms with Crippen LogP contribution in [-0.2, 0) is 30.6 Å². The summed E-state index contributed by atoms with van der Waals surface area (Å²) in [6, 6.07) is 8.25. The molecule has 1 heterocycles. The Labute approximate surface area is 105 Å². The van der Waals surface area contributed by atoms with Crippen molar-refractivity contribution in [2.75, 3.05) is 13.7 Å². The van der Waals surface area contributed by atoms with Crippen LogP contribution in [0.2, 0.25) is 0 Å². The first kappa shape index (κ1) is 13.0. The van der Waals surface area contributed by atoms with Crippen molar-refractivity contribution in [1.82, 2.24) is 4.31 Å². The van der Waals surface area contributed by atoms with Gasteiger partial charge in [0.1, 0.15) is 12.6 Å². The van der Waals surface area contributed by atoms with Crippen LogP contribution in [0.15, 0.2) is 30.3 Å². The molecule has 0 amide bonds. The lowest BCUT2D eigenvalue weighted by atomic mass is 10.2. The lowest BCUT2D eigenvalue weighted by Crippen LogP contribution is -2.37. The van der Waals surface area contributed by atoms with E-state index in [9.17, 15) is 13.2 Å². The molecule has 98 valence electrons. The van der Waals surface area contributed by atoms with E-state index in [-0.39, 0.29) is 13.2 Å². The van der Waals surface area contributed by atoms with Crippen LogP contribution < -0.4 is 0 Å². The molecule has 0 N–H and O–H groups in total. The minimum Gasteiger partial charge on any atom is -0.460 e. The van der Waals surface area contributed by atoms with Crippen LogP contribution in [0.5, 0.6) is 0 Å². The predicted octanol–water partition coefficient (Wildman–Crippen LogP) is 0.305. The Kier molecular flexibility index (Phi) is 3.65. The second kappa shape index (κ2) is 5.05. The standard InChI is InChI=1S/C11H13NO5S/c1-12-10(8-17-18(12,14)15)11(13)16-7-9-5-3-2-4-6-9/h2-6,10H,7-8H2,1H3/t10-/m0/s1. The molecule has 6 nitrogen and oxygen atoms in total. The first-order valence-electron chi connectivity index (χ1n) is 5.33. The Hall–Kier alpha value is -1.44. The molecule has 1 aromatic rings. The van der Waals surface area contributed by atoms with Crippen LogP contribution in [0.3, 0.4) is 0 Å². The average molecular weight is 271 g/mol. The van der Waals surface area contributed by atoms with E-state index in [0.717, 1.165) is 9.87 Å². The van der Waals surface area contributed by atoms with Crippen LogP contribution in [0.25, 0.3) is 0 Å². The average Bonchev–Trinajstić information content (AvgIpc) is 2.63. The van der Waals surface area contributed by atoms with Crippen LogP contribution >= 0.6 is 0 Å². The molecule has 0 bridgehead atoms. The van der Waals surface area contributed by atoms with Crippen LogP contribution in [0, 0.1) is 0 Å². The van der Waals surface area contributed by atoms with Crippen molar-refractivity contribution < 1.29 is 22.1 Å². The molecule has 0 radical (unpaired) electrons. The Morgan fingerprint density at radius 1 is 1.44 bits per heavy atom. The lowest BCUT2D eigenvalue weighted by Gasteiger charge is -2.14. The number of esters is 1. The second-order valence-electron chi connectivity index (χ2n) is 3.87. The number of hydrogen-bond donors (Lipinski definition) is 0. The second-order valence-corrected chi connectivity index (χ2v) is 5.53. The summed E-state index contributed by atoms with van der Waals surface area (Å²) in [6.07, 6.45) is 0. The van der Waals surface area contributed by atoms with Gasteiger partial charge in [0.2, 0.25) is 0 Å². The summed E-state index contributed by atoms with van der Waals surface area (Å²) >= 11 is 0. The monoisotopic (exact) mass is 271 g/mol. The minimum absolute atomic E-state index is 0.115. The highest BCUT2D eigenvalue weighted by molar-refractivity contribution is 7.84. The summed E-state index contributed by atoms with van der Waals surface area (Å²) in [7, 11) is -2.48. The topological polar surface area (TPSA) is 72.9 Å². The van der Waals surface area contributed by atoms with Gasteiger partial charge in [-0.3, -0.25) is 8.98 Å². The Bertz CT molecular complexity index is 528. The molecule has 18 heavy (non-hydrogen) atoms. The fourth-order valence-electron chi connectivity index (χ4n) is 1.54. The fourth-order valence-corrected chi connectivity index (χ4v) is 2.46. The van der Waals surface area contributed by atoms with E-state index < -0.39 is 22.3 Å². The Balaban J connectivity index is 1.94. The molecule has 2 rings (SSSR count). The number of carbonyl (C=O) groups excluding carboxylic acids is 1. The van der Waals surface area contributed by atoms with E-state index in [4.69, 9.17) is 4.74 Å². The lowest BCUT2D eigenvalue weighted by molar-refractivity contribution is -0.149. The van der Waals surface area contributed by atoms with Gasteiger partial charge in [0.15, 0.2) is 0 Å². The Morgan fingerprint density at radius 2 is 2.11 bits per heavy atom. The highest BCUT2D eigenvalue weighted by Gasteiger charge is 2.41. The van der Waals surface area contributed by atoms with Gasteiger partial charge in [-0.25, -0.2) is 0 Å². The van der Waals surface area contributed by atoms with Crippen molar-refractivity contribution in [2.24, 2.45) is 0 Å². The fraction of sp³-hybridized carbons (Fsp3) is 0.364. The molecule has 0 saturated carbocycles. The number of ether oxygens (including phenoxy) is 1. The number of carbonyl (C=O) groups is 1. The first-order valence-corrected chi connectivity index (χ1v) is 6.70. The summed E-state index contributed by atoms with van der Waals surface area (Å²) in [4.78, 5) is 11.7. The number of likely N-dealkylation sites (N-methyl/N-ethyl adjacent to an activating group) is 1. The third-order valence-corrected chi connectivity index (χ3v) is 4.06. The summed E-state index contributed by atoms with van der Waals surface area (Å²) in [5.74, 6) is -0.609. The smallest absolute Gasteiger partial charge is 0.339 e. The maximum absolute atomic E-state index is 11.7. The zero-order chi connectivity index (χ0) is 13.2. The maximum Gasteiger partial charge on any atom is 0.339 e. The summed E-state index contributed by atoms with van der Waals surface area (Å²) in [5, 5.41) is 0. The van der Waals surface area contributed by atoms with E-state index in [2.05, 4.69) is 4.18 Å². The largest absolute Gasteiger partial charge is 0.460 e. The third-order valence-electron chi connectivity index (χ3n) is 2.66. The molecule has 0 unspecified atom stereocenters. The third kappa shape index (κ3) is 2.69. The van der Waals surface area contributed by atoms with Crippen LogP contribution in [0.1, 0.15) is 5.56 Å². The predicted molar refractivity (Wildman–Crippen MR) is 62.7 cm³/mol. The van der Waals surface area contributed by atoms with Crippen molar-refractivity contribution in [3.05, 3.63) is 35.9 Å². The normalized spacial score (nSPS) is 22.8. The van der Waals surface area contributed by atoms with Gasteiger partial charge in [-0.15, -0.1) is 0 Å². The SMILES string of the molecule is CN1[C@H](C(=O)OCc2ccccc2)COS1(=O)=O. The minimum atomic E-state index is -3.77. The quantitative estimate of drug-likeness (QED) is 0.740. The molecule has 1 aromatic carbocycles. The number of nitrogens with zero attached hydrogens (tertiary/aromatic N) is 1. The van der Waals surface area contributed by atoms with Crippen LogP contribution in [0.4, 0.5) is 0 Å². The molecular formula is C11H13NO5S. The molecule has 7 heteroatoms. The van der Waals surface area contributed by atoms with Crippen molar-refractivity contribution >= 4 is 16.3 Å². The van der Waals surface area contributed by atoms with E-state index in [1.54, 1.807) is 0 Å². The van der Waals surface area contributed by atoms with E-state index in [1.807, 2.05) is 30.3 Å². The van der Waals surface area contributed by atoms with Gasteiger partial charge in [0.25, 0.3) is 0 Å². The Morgan fingerprint density at radius 3 is 2.67 bits per heavy atom. The molecule has 0 aliphatic carbocycles. The van der Waals surface area contributed by atoms with E-state index in [0.29, 0.717) is 0 Å². The van der Waals surface area contributed by atoms with Gasteiger partial charge < -0.3 is 4.74 Å². The first-order chi connectivity index (χ1) is 8.50. The molecule has 1 saturated heterocycles. The molecule has 0 spiro atoms. The van der Waals surface area contributed by atoms with Crippen LogP contribution in [-0.4, -0.2) is 38.4 Å². The van der Waals surface area contributed by atoms with Gasteiger partial charge in [-0.05, 0) is 5.56 Å². The van der Waals surface area contributed by atoms with Gasteiger partial charge in [-0.2, -0.15) is 12.7 Å².